The minimum atomic E-state index is -0.193. The number of hydrogen-bond donors (Lipinski definition) is 1. The average Bonchev–Trinajstić information content (AvgIpc) is 3.10. The first-order chi connectivity index (χ1) is 11.6. The van der Waals surface area contributed by atoms with Gasteiger partial charge in [-0.05, 0) is 61.9 Å². The molecule has 3 rings (SSSR count). The van der Waals surface area contributed by atoms with E-state index in [-0.39, 0.29) is 11.9 Å². The topological polar surface area (TPSA) is 89.9 Å². The van der Waals surface area contributed by atoms with Gasteiger partial charge in [0, 0.05) is 13.0 Å². The van der Waals surface area contributed by atoms with E-state index in [0.717, 1.165) is 25.3 Å². The Labute approximate surface area is 144 Å². The molecule has 0 unspecified atom stereocenters. The highest BCUT2D eigenvalue weighted by atomic mass is 16.1. The molecule has 7 nitrogen and oxygen atoms in total. The summed E-state index contributed by atoms with van der Waals surface area (Å²) in [6.07, 6.45) is 9.99. The molecule has 7 heteroatoms. The SMILES string of the molecule is C[C@H](c1nnnn1C1CCCCC1)N1CCC[C@H](CCC(N)=O)C1. The van der Waals surface area contributed by atoms with E-state index < -0.39 is 0 Å². The summed E-state index contributed by atoms with van der Waals surface area (Å²) in [6, 6.07) is 0.681. The van der Waals surface area contributed by atoms with E-state index in [1.165, 1.54) is 44.9 Å². The number of nitrogens with zero attached hydrogens (tertiary/aromatic N) is 5. The van der Waals surface area contributed by atoms with Gasteiger partial charge in [-0.25, -0.2) is 4.68 Å². The number of aromatic nitrogens is 4. The molecule has 2 fully saturated rings. The highest BCUT2D eigenvalue weighted by molar-refractivity contribution is 5.73. The van der Waals surface area contributed by atoms with Crippen LogP contribution >= 0.6 is 0 Å². The fourth-order valence-corrected chi connectivity index (χ4v) is 4.26. The number of hydrogen-bond acceptors (Lipinski definition) is 5. The lowest BCUT2D eigenvalue weighted by atomic mass is 9.92. The third kappa shape index (κ3) is 4.12. The van der Waals surface area contributed by atoms with Gasteiger partial charge in [-0.15, -0.1) is 5.10 Å². The number of likely N-dealkylation sites (tertiary alicyclic amines) is 1. The van der Waals surface area contributed by atoms with Gasteiger partial charge in [-0.3, -0.25) is 9.69 Å². The zero-order valence-corrected chi connectivity index (χ0v) is 14.7. The van der Waals surface area contributed by atoms with Gasteiger partial charge in [-0.2, -0.15) is 0 Å². The maximum atomic E-state index is 11.0. The van der Waals surface area contributed by atoms with Gasteiger partial charge in [0.2, 0.25) is 5.91 Å². The Morgan fingerprint density at radius 1 is 1.25 bits per heavy atom. The Bertz CT molecular complexity index is 539. The molecule has 2 aliphatic rings. The van der Waals surface area contributed by atoms with Gasteiger partial charge < -0.3 is 5.73 Å². The molecule has 1 aromatic rings. The van der Waals surface area contributed by atoms with Crippen molar-refractivity contribution < 1.29 is 4.79 Å². The van der Waals surface area contributed by atoms with Gasteiger partial charge in [0.15, 0.2) is 5.82 Å². The van der Waals surface area contributed by atoms with E-state index >= 15 is 0 Å². The Hall–Kier alpha value is -1.50. The van der Waals surface area contributed by atoms with Crippen molar-refractivity contribution in [3.8, 4) is 0 Å². The first kappa shape index (κ1) is 17.3. The number of carbonyl (C=O) groups excluding carboxylic acids is 1. The summed E-state index contributed by atoms with van der Waals surface area (Å²) >= 11 is 0. The molecule has 2 N–H and O–H groups in total. The predicted molar refractivity (Wildman–Crippen MR) is 91.1 cm³/mol. The zero-order valence-electron chi connectivity index (χ0n) is 14.7. The van der Waals surface area contributed by atoms with Crippen molar-refractivity contribution in [2.45, 2.75) is 76.8 Å². The van der Waals surface area contributed by atoms with Crippen molar-refractivity contribution in [1.82, 2.24) is 25.1 Å². The molecule has 1 amide bonds. The zero-order chi connectivity index (χ0) is 16.9. The van der Waals surface area contributed by atoms with Crippen LogP contribution in [0.15, 0.2) is 0 Å². The molecule has 1 aliphatic heterocycles. The number of tetrazole rings is 1. The minimum Gasteiger partial charge on any atom is -0.370 e. The van der Waals surface area contributed by atoms with Gasteiger partial charge in [0.05, 0.1) is 12.1 Å². The predicted octanol–water partition coefficient (Wildman–Crippen LogP) is 2.22. The molecular formula is C17H30N6O. The summed E-state index contributed by atoms with van der Waals surface area (Å²) in [5.41, 5.74) is 5.30. The molecule has 0 spiro atoms. The first-order valence-corrected chi connectivity index (χ1v) is 9.45. The van der Waals surface area contributed by atoms with E-state index in [1.807, 2.05) is 0 Å². The third-order valence-electron chi connectivity index (χ3n) is 5.71. The van der Waals surface area contributed by atoms with Gasteiger partial charge in [-0.1, -0.05) is 19.3 Å². The number of rotatable bonds is 6. The standard InChI is InChI=1S/C17H30N6O/c1-13(22-11-5-6-14(12-22)9-10-16(18)24)17-19-20-21-23(17)15-7-3-2-4-8-15/h13-15H,2-12H2,1H3,(H2,18,24)/t13-,14-/m1/s1. The Morgan fingerprint density at radius 3 is 2.79 bits per heavy atom. The van der Waals surface area contributed by atoms with Crippen molar-refractivity contribution in [3.05, 3.63) is 5.82 Å². The van der Waals surface area contributed by atoms with Crippen LogP contribution in [0.25, 0.3) is 0 Å². The van der Waals surface area contributed by atoms with Crippen LogP contribution in [0.3, 0.4) is 0 Å². The molecule has 0 aromatic carbocycles. The van der Waals surface area contributed by atoms with Crippen LogP contribution in [0.5, 0.6) is 0 Å². The number of nitrogens with two attached hydrogens (primary N) is 1. The van der Waals surface area contributed by atoms with E-state index in [1.54, 1.807) is 0 Å². The highest BCUT2D eigenvalue weighted by Gasteiger charge is 2.29. The van der Waals surface area contributed by atoms with Crippen LogP contribution in [-0.2, 0) is 4.79 Å². The normalized spacial score (nSPS) is 24.8. The quantitative estimate of drug-likeness (QED) is 0.861. The molecule has 134 valence electrons. The Morgan fingerprint density at radius 2 is 2.04 bits per heavy atom. The summed E-state index contributed by atoms with van der Waals surface area (Å²) < 4.78 is 2.08. The summed E-state index contributed by atoms with van der Waals surface area (Å²) in [4.78, 5) is 13.5. The monoisotopic (exact) mass is 334 g/mol. The lowest BCUT2D eigenvalue weighted by Gasteiger charge is -2.36. The van der Waals surface area contributed by atoms with E-state index in [4.69, 9.17) is 5.73 Å². The molecule has 2 heterocycles. The summed E-state index contributed by atoms with van der Waals surface area (Å²) in [6.45, 7) is 4.29. The second-order valence-electron chi connectivity index (χ2n) is 7.46. The summed E-state index contributed by atoms with van der Waals surface area (Å²) in [5.74, 6) is 1.35. The molecule has 24 heavy (non-hydrogen) atoms. The Balaban J connectivity index is 1.64. The van der Waals surface area contributed by atoms with Crippen LogP contribution in [0.1, 0.15) is 82.6 Å². The van der Waals surface area contributed by atoms with Gasteiger partial charge in [0.1, 0.15) is 0 Å². The van der Waals surface area contributed by atoms with Crippen LogP contribution in [-0.4, -0.2) is 44.1 Å². The van der Waals surface area contributed by atoms with Crippen molar-refractivity contribution in [3.63, 3.8) is 0 Å². The summed E-state index contributed by atoms with van der Waals surface area (Å²) in [7, 11) is 0. The molecule has 1 aromatic heterocycles. The number of primary amides is 1. The number of carbonyl (C=O) groups is 1. The van der Waals surface area contributed by atoms with Crippen LogP contribution < -0.4 is 5.73 Å². The summed E-state index contributed by atoms with van der Waals surface area (Å²) in [5, 5.41) is 12.6. The second kappa shape index (κ2) is 8.05. The molecule has 0 radical (unpaired) electrons. The van der Waals surface area contributed by atoms with Crippen molar-refractivity contribution in [2.24, 2.45) is 11.7 Å². The van der Waals surface area contributed by atoms with Crippen LogP contribution in [0.2, 0.25) is 0 Å². The van der Waals surface area contributed by atoms with Gasteiger partial charge in [0.25, 0.3) is 0 Å². The largest absolute Gasteiger partial charge is 0.370 e. The van der Waals surface area contributed by atoms with Crippen molar-refractivity contribution >= 4 is 5.91 Å². The second-order valence-corrected chi connectivity index (χ2v) is 7.46. The third-order valence-corrected chi connectivity index (χ3v) is 5.71. The van der Waals surface area contributed by atoms with Crippen molar-refractivity contribution in [2.75, 3.05) is 13.1 Å². The number of amides is 1. The molecule has 2 atom stereocenters. The number of piperidine rings is 1. The van der Waals surface area contributed by atoms with E-state index in [9.17, 15) is 4.79 Å². The van der Waals surface area contributed by atoms with E-state index in [2.05, 4.69) is 32.0 Å². The minimum absolute atomic E-state index is 0.193. The van der Waals surface area contributed by atoms with Gasteiger partial charge >= 0.3 is 0 Å². The van der Waals surface area contributed by atoms with Crippen LogP contribution in [0, 0.1) is 5.92 Å². The smallest absolute Gasteiger partial charge is 0.217 e. The average molecular weight is 334 g/mol. The lowest BCUT2D eigenvalue weighted by Crippen LogP contribution is -2.39. The fourth-order valence-electron chi connectivity index (χ4n) is 4.26. The molecule has 0 bridgehead atoms. The van der Waals surface area contributed by atoms with Crippen LogP contribution in [0.4, 0.5) is 0 Å². The Kier molecular flexibility index (Phi) is 5.81. The first-order valence-electron chi connectivity index (χ1n) is 9.45. The molecule has 1 saturated carbocycles. The maximum Gasteiger partial charge on any atom is 0.217 e. The lowest BCUT2D eigenvalue weighted by molar-refractivity contribution is -0.118. The van der Waals surface area contributed by atoms with E-state index in [0.29, 0.717) is 18.4 Å². The molecule has 1 aliphatic carbocycles. The highest BCUT2D eigenvalue weighted by Crippen LogP contribution is 2.32. The fraction of sp³-hybridized carbons (Fsp3) is 0.882. The maximum absolute atomic E-state index is 11.0. The molecule has 1 saturated heterocycles. The van der Waals surface area contributed by atoms with Crippen molar-refractivity contribution in [1.29, 1.82) is 0 Å². The molecular weight excluding hydrogens is 304 g/mol.